The Bertz CT molecular complexity index is 856. The van der Waals surface area contributed by atoms with Crippen LogP contribution in [0.5, 0.6) is 5.75 Å². The number of amides is 1. The molecule has 0 saturated heterocycles. The largest absolute Gasteiger partial charge is 0.480 e. The number of pyridine rings is 2. The molecule has 0 spiro atoms. The van der Waals surface area contributed by atoms with Crippen molar-refractivity contribution in [2.45, 2.75) is 4.90 Å². The van der Waals surface area contributed by atoms with E-state index in [4.69, 9.17) is 4.74 Å². The minimum Gasteiger partial charge on any atom is -0.480 e. The van der Waals surface area contributed by atoms with E-state index in [2.05, 4.69) is 20.0 Å². The molecule has 0 atom stereocenters. The highest BCUT2D eigenvalue weighted by Crippen LogP contribution is 2.28. The zero-order valence-corrected chi connectivity index (χ0v) is 11.7. The van der Waals surface area contributed by atoms with E-state index in [1.54, 1.807) is 0 Å². The van der Waals surface area contributed by atoms with Crippen LogP contribution in [0, 0.1) is 5.82 Å². The number of carbonyl (C=O) groups excluding carboxylic acids is 1. The fourth-order valence-corrected chi connectivity index (χ4v) is 2.78. The van der Waals surface area contributed by atoms with E-state index in [1.807, 2.05) is 0 Å². The lowest BCUT2D eigenvalue weighted by Crippen LogP contribution is -2.26. The van der Waals surface area contributed by atoms with E-state index in [-0.39, 0.29) is 34.7 Å². The predicted octanol–water partition coefficient (Wildman–Crippen LogP) is 0.747. The standard InChI is InChI=1S/C12H9FN4O4S/c13-7-1-9(5-14-3-7)22(19,20)17-8-2-10-12(15-4-8)16-11(18)6-21-10/h1-5,17H,6H2,(H,15,16,18). The lowest BCUT2D eigenvalue weighted by molar-refractivity contribution is -0.118. The summed E-state index contributed by atoms with van der Waals surface area (Å²) in [4.78, 5) is 18.2. The molecule has 114 valence electrons. The van der Waals surface area contributed by atoms with Gasteiger partial charge < -0.3 is 10.1 Å². The van der Waals surface area contributed by atoms with Crippen molar-refractivity contribution >= 4 is 27.4 Å². The smallest absolute Gasteiger partial charge is 0.263 e. The molecule has 0 saturated carbocycles. The van der Waals surface area contributed by atoms with E-state index in [9.17, 15) is 17.6 Å². The number of aromatic nitrogens is 2. The average Bonchev–Trinajstić information content (AvgIpc) is 2.47. The summed E-state index contributed by atoms with van der Waals surface area (Å²) in [5.41, 5.74) is 0.110. The number of anilines is 2. The van der Waals surface area contributed by atoms with Crippen LogP contribution < -0.4 is 14.8 Å². The minimum absolute atomic E-state index is 0.110. The molecular formula is C12H9FN4O4S. The molecule has 1 aliphatic rings. The molecule has 1 amide bonds. The van der Waals surface area contributed by atoms with Gasteiger partial charge in [-0.1, -0.05) is 0 Å². The van der Waals surface area contributed by atoms with Gasteiger partial charge in [-0.15, -0.1) is 0 Å². The van der Waals surface area contributed by atoms with Gasteiger partial charge in [0.1, 0.15) is 10.7 Å². The van der Waals surface area contributed by atoms with Crippen LogP contribution in [0.2, 0.25) is 0 Å². The monoisotopic (exact) mass is 324 g/mol. The van der Waals surface area contributed by atoms with Crippen molar-refractivity contribution in [3.05, 3.63) is 36.5 Å². The highest BCUT2D eigenvalue weighted by atomic mass is 32.2. The molecule has 3 rings (SSSR count). The summed E-state index contributed by atoms with van der Waals surface area (Å²) in [6.07, 6.45) is 3.13. The van der Waals surface area contributed by atoms with Crippen LogP contribution in [0.1, 0.15) is 0 Å². The molecule has 2 aromatic heterocycles. The van der Waals surface area contributed by atoms with Gasteiger partial charge >= 0.3 is 0 Å². The number of carbonyl (C=O) groups is 1. The Kier molecular flexibility index (Phi) is 3.37. The van der Waals surface area contributed by atoms with Crippen LogP contribution in [-0.4, -0.2) is 30.9 Å². The van der Waals surface area contributed by atoms with E-state index in [1.165, 1.54) is 12.3 Å². The first-order valence-corrected chi connectivity index (χ1v) is 7.48. The maximum absolute atomic E-state index is 13.1. The highest BCUT2D eigenvalue weighted by Gasteiger charge is 2.20. The van der Waals surface area contributed by atoms with Gasteiger partial charge in [-0.05, 0) is 6.07 Å². The molecule has 0 radical (unpaired) electrons. The number of halogens is 1. The zero-order valence-electron chi connectivity index (χ0n) is 10.9. The fourth-order valence-electron chi connectivity index (χ4n) is 1.77. The third kappa shape index (κ3) is 2.81. The molecule has 0 bridgehead atoms. The van der Waals surface area contributed by atoms with Crippen LogP contribution in [0.4, 0.5) is 15.9 Å². The van der Waals surface area contributed by atoms with Gasteiger partial charge in [0.15, 0.2) is 18.2 Å². The van der Waals surface area contributed by atoms with E-state index in [0.717, 1.165) is 18.5 Å². The summed E-state index contributed by atoms with van der Waals surface area (Å²) in [7, 11) is -4.01. The summed E-state index contributed by atoms with van der Waals surface area (Å²) < 4.78 is 44.7. The molecule has 3 heterocycles. The van der Waals surface area contributed by atoms with Crippen LogP contribution in [0.25, 0.3) is 0 Å². The lowest BCUT2D eigenvalue weighted by atomic mass is 10.3. The van der Waals surface area contributed by atoms with E-state index >= 15 is 0 Å². The number of nitrogens with one attached hydrogen (secondary N) is 2. The van der Waals surface area contributed by atoms with Gasteiger partial charge in [-0.2, -0.15) is 0 Å². The molecule has 1 aliphatic heterocycles. The molecule has 0 aromatic carbocycles. The van der Waals surface area contributed by atoms with Gasteiger partial charge in [-0.25, -0.2) is 17.8 Å². The first-order valence-electron chi connectivity index (χ1n) is 6.00. The fraction of sp³-hybridized carbons (Fsp3) is 0.0833. The van der Waals surface area contributed by atoms with Crippen LogP contribution in [0.3, 0.4) is 0 Å². The van der Waals surface area contributed by atoms with Crippen molar-refractivity contribution in [3.8, 4) is 5.75 Å². The van der Waals surface area contributed by atoms with Gasteiger partial charge in [0.05, 0.1) is 18.1 Å². The molecule has 0 fully saturated rings. The Labute approximate surface area is 124 Å². The molecule has 2 N–H and O–H groups in total. The van der Waals surface area contributed by atoms with Crippen molar-refractivity contribution in [2.75, 3.05) is 16.6 Å². The Hall–Kier alpha value is -2.75. The van der Waals surface area contributed by atoms with Crippen LogP contribution in [0.15, 0.2) is 35.6 Å². The maximum Gasteiger partial charge on any atom is 0.263 e. The molecular weight excluding hydrogens is 315 g/mol. The van der Waals surface area contributed by atoms with Gasteiger partial charge in [0, 0.05) is 12.3 Å². The Morgan fingerprint density at radius 2 is 2.09 bits per heavy atom. The lowest BCUT2D eigenvalue weighted by Gasteiger charge is -2.17. The number of rotatable bonds is 3. The summed E-state index contributed by atoms with van der Waals surface area (Å²) in [6.45, 7) is -0.182. The second-order valence-corrected chi connectivity index (χ2v) is 6.03. The Morgan fingerprint density at radius 3 is 2.86 bits per heavy atom. The number of hydrogen-bond donors (Lipinski definition) is 2. The van der Waals surface area contributed by atoms with Crippen LogP contribution >= 0.6 is 0 Å². The molecule has 2 aromatic rings. The van der Waals surface area contributed by atoms with E-state index < -0.39 is 15.8 Å². The zero-order chi connectivity index (χ0) is 15.7. The van der Waals surface area contributed by atoms with Crippen molar-refractivity contribution in [1.82, 2.24) is 9.97 Å². The van der Waals surface area contributed by atoms with E-state index in [0.29, 0.717) is 0 Å². The van der Waals surface area contributed by atoms with Gasteiger partial charge in [0.2, 0.25) is 0 Å². The number of ether oxygens (including phenoxy) is 1. The third-order valence-electron chi connectivity index (χ3n) is 2.71. The second-order valence-electron chi connectivity index (χ2n) is 4.35. The summed E-state index contributed by atoms with van der Waals surface area (Å²) in [5.74, 6) is -0.680. The maximum atomic E-state index is 13.1. The third-order valence-corrected chi connectivity index (χ3v) is 4.06. The second kappa shape index (κ2) is 5.22. The minimum atomic E-state index is -4.01. The SMILES string of the molecule is O=C1COc2cc(NS(=O)(=O)c3cncc(F)c3)cnc2N1. The molecule has 0 aliphatic carbocycles. The number of hydrogen-bond acceptors (Lipinski definition) is 6. The highest BCUT2D eigenvalue weighted by molar-refractivity contribution is 7.92. The first-order chi connectivity index (χ1) is 10.4. The van der Waals surface area contributed by atoms with Crippen molar-refractivity contribution in [2.24, 2.45) is 0 Å². The van der Waals surface area contributed by atoms with Gasteiger partial charge in [0.25, 0.3) is 15.9 Å². The summed E-state index contributed by atoms with van der Waals surface area (Å²) in [6, 6.07) is 2.21. The Balaban J connectivity index is 1.88. The summed E-state index contributed by atoms with van der Waals surface area (Å²) in [5, 5.41) is 2.48. The Morgan fingerprint density at radius 1 is 1.27 bits per heavy atom. The molecule has 22 heavy (non-hydrogen) atoms. The van der Waals surface area contributed by atoms with Crippen molar-refractivity contribution < 1.29 is 22.3 Å². The van der Waals surface area contributed by atoms with Crippen LogP contribution in [-0.2, 0) is 14.8 Å². The molecule has 8 nitrogen and oxygen atoms in total. The number of sulfonamides is 1. The molecule has 10 heteroatoms. The normalized spacial score (nSPS) is 13.8. The average molecular weight is 324 g/mol. The number of fused-ring (bicyclic) bond motifs is 1. The van der Waals surface area contributed by atoms with Crippen molar-refractivity contribution in [1.29, 1.82) is 0 Å². The first kappa shape index (κ1) is 14.2. The number of nitrogens with zero attached hydrogens (tertiary/aromatic N) is 2. The van der Waals surface area contributed by atoms with Gasteiger partial charge in [-0.3, -0.25) is 14.5 Å². The summed E-state index contributed by atoms with van der Waals surface area (Å²) >= 11 is 0. The van der Waals surface area contributed by atoms with Crippen molar-refractivity contribution in [3.63, 3.8) is 0 Å². The topological polar surface area (TPSA) is 110 Å². The quantitative estimate of drug-likeness (QED) is 0.862. The molecule has 0 unspecified atom stereocenters. The predicted molar refractivity (Wildman–Crippen MR) is 73.4 cm³/mol.